The summed E-state index contributed by atoms with van der Waals surface area (Å²) in [6.45, 7) is 2.71. The Bertz CT molecular complexity index is 577. The summed E-state index contributed by atoms with van der Waals surface area (Å²) in [5.41, 5.74) is 1.90. The number of pyridine rings is 1. The van der Waals surface area contributed by atoms with Crippen LogP contribution in [0.25, 0.3) is 11.2 Å². The molecule has 0 atom stereocenters. The maximum atomic E-state index is 12.2. The zero-order valence-electron chi connectivity index (χ0n) is 9.39. The van der Waals surface area contributed by atoms with Crippen LogP contribution >= 0.6 is 0 Å². The molecule has 3 rings (SSSR count). The molecular weight excluding hydrogens is 202 g/mol. The fraction of sp³-hybridized carbons (Fsp3) is 0.500. The summed E-state index contributed by atoms with van der Waals surface area (Å²) >= 11 is 0. The van der Waals surface area contributed by atoms with E-state index in [1.54, 1.807) is 10.8 Å². The van der Waals surface area contributed by atoms with Crippen molar-refractivity contribution in [3.8, 4) is 0 Å². The van der Waals surface area contributed by atoms with Crippen molar-refractivity contribution in [2.75, 3.05) is 0 Å². The van der Waals surface area contributed by atoms with Crippen molar-refractivity contribution in [1.29, 1.82) is 0 Å². The predicted octanol–water partition coefficient (Wildman–Crippen LogP) is 1.94. The lowest BCUT2D eigenvalue weighted by Crippen LogP contribution is -2.30. The number of nitrogens with zero attached hydrogens (tertiary/aromatic N) is 3. The highest BCUT2D eigenvalue weighted by Crippen LogP contribution is 2.32. The number of hydrogen-bond donors (Lipinski definition) is 0. The van der Waals surface area contributed by atoms with Gasteiger partial charge in [0, 0.05) is 18.8 Å². The molecule has 0 aliphatic heterocycles. The molecule has 1 fully saturated rings. The molecule has 0 bridgehead atoms. The first-order valence-electron chi connectivity index (χ1n) is 5.88. The van der Waals surface area contributed by atoms with Gasteiger partial charge in [-0.3, -0.25) is 9.13 Å². The van der Waals surface area contributed by atoms with Crippen LogP contribution in [0.15, 0.2) is 23.1 Å². The lowest BCUT2D eigenvalue weighted by atomic mass is 9.93. The Labute approximate surface area is 93.5 Å². The van der Waals surface area contributed by atoms with Gasteiger partial charge in [-0.2, -0.15) is 0 Å². The van der Waals surface area contributed by atoms with Crippen LogP contribution in [-0.2, 0) is 6.54 Å². The van der Waals surface area contributed by atoms with Crippen molar-refractivity contribution in [2.45, 2.75) is 38.8 Å². The van der Waals surface area contributed by atoms with E-state index in [2.05, 4.69) is 4.98 Å². The maximum absolute atomic E-state index is 12.2. The predicted molar refractivity (Wildman–Crippen MR) is 62.6 cm³/mol. The number of imidazole rings is 1. The van der Waals surface area contributed by atoms with Crippen LogP contribution in [0, 0.1) is 0 Å². The van der Waals surface area contributed by atoms with Crippen molar-refractivity contribution in [3.05, 3.63) is 28.8 Å². The molecule has 1 aliphatic carbocycles. The molecule has 1 saturated carbocycles. The van der Waals surface area contributed by atoms with Crippen LogP contribution < -0.4 is 5.69 Å². The molecule has 2 heterocycles. The van der Waals surface area contributed by atoms with E-state index in [1.165, 1.54) is 6.42 Å². The summed E-state index contributed by atoms with van der Waals surface area (Å²) in [6.07, 6.45) is 5.21. The van der Waals surface area contributed by atoms with Crippen LogP contribution in [0.3, 0.4) is 0 Å². The minimum atomic E-state index is 0.0981. The van der Waals surface area contributed by atoms with Crippen LogP contribution in [-0.4, -0.2) is 14.1 Å². The first kappa shape index (κ1) is 9.63. The minimum absolute atomic E-state index is 0.0981. The summed E-state index contributed by atoms with van der Waals surface area (Å²) in [6, 6.07) is 4.24. The van der Waals surface area contributed by atoms with Gasteiger partial charge in [0.1, 0.15) is 0 Å². The van der Waals surface area contributed by atoms with E-state index in [4.69, 9.17) is 0 Å². The number of hydrogen-bond acceptors (Lipinski definition) is 2. The van der Waals surface area contributed by atoms with Gasteiger partial charge >= 0.3 is 5.69 Å². The largest absolute Gasteiger partial charge is 0.330 e. The smallest absolute Gasteiger partial charge is 0.291 e. The molecule has 0 N–H and O–H groups in total. The van der Waals surface area contributed by atoms with Crippen molar-refractivity contribution in [1.82, 2.24) is 14.1 Å². The van der Waals surface area contributed by atoms with Gasteiger partial charge in [-0.05, 0) is 38.3 Å². The van der Waals surface area contributed by atoms with Crippen LogP contribution in [0.4, 0.5) is 0 Å². The van der Waals surface area contributed by atoms with Crippen molar-refractivity contribution >= 4 is 11.2 Å². The summed E-state index contributed by atoms with van der Waals surface area (Å²) in [5, 5.41) is 0. The van der Waals surface area contributed by atoms with Gasteiger partial charge in [0.15, 0.2) is 5.65 Å². The standard InChI is InChI=1S/C12H15N3O/c1-2-14-10-7-4-8-13-11(10)15(12(14)16)9-5-3-6-9/h4,7-9H,2-3,5-6H2,1H3. The van der Waals surface area contributed by atoms with E-state index >= 15 is 0 Å². The molecule has 0 aromatic carbocycles. The molecule has 0 saturated heterocycles. The van der Waals surface area contributed by atoms with E-state index < -0.39 is 0 Å². The van der Waals surface area contributed by atoms with Crippen molar-refractivity contribution < 1.29 is 0 Å². The first-order valence-corrected chi connectivity index (χ1v) is 5.88. The average Bonchev–Trinajstić information content (AvgIpc) is 2.50. The molecule has 4 heteroatoms. The third-order valence-electron chi connectivity index (χ3n) is 3.48. The van der Waals surface area contributed by atoms with Gasteiger partial charge < -0.3 is 0 Å². The zero-order chi connectivity index (χ0) is 11.1. The van der Waals surface area contributed by atoms with Gasteiger partial charge in [0.05, 0.1) is 5.52 Å². The second-order valence-corrected chi connectivity index (χ2v) is 4.33. The monoisotopic (exact) mass is 217 g/mol. The molecule has 0 radical (unpaired) electrons. The van der Waals surface area contributed by atoms with Gasteiger partial charge in [0.2, 0.25) is 0 Å². The maximum Gasteiger partial charge on any atom is 0.330 e. The molecule has 0 amide bonds. The van der Waals surface area contributed by atoms with Gasteiger partial charge in [0.25, 0.3) is 0 Å². The molecule has 16 heavy (non-hydrogen) atoms. The Morgan fingerprint density at radius 3 is 2.94 bits per heavy atom. The summed E-state index contributed by atoms with van der Waals surface area (Å²) < 4.78 is 3.68. The van der Waals surface area contributed by atoms with Crippen molar-refractivity contribution in [2.24, 2.45) is 0 Å². The minimum Gasteiger partial charge on any atom is -0.291 e. The van der Waals surface area contributed by atoms with E-state index in [1.807, 2.05) is 23.6 Å². The lowest BCUT2D eigenvalue weighted by Gasteiger charge is -2.26. The second-order valence-electron chi connectivity index (χ2n) is 4.33. The van der Waals surface area contributed by atoms with Crippen LogP contribution in [0.2, 0.25) is 0 Å². The highest BCUT2D eigenvalue weighted by atomic mass is 16.1. The fourth-order valence-corrected chi connectivity index (χ4v) is 2.39. The lowest BCUT2D eigenvalue weighted by molar-refractivity contribution is 0.310. The zero-order valence-corrected chi connectivity index (χ0v) is 9.39. The molecule has 2 aromatic rings. The third-order valence-corrected chi connectivity index (χ3v) is 3.48. The first-order chi connectivity index (χ1) is 7.83. The Morgan fingerprint density at radius 1 is 1.50 bits per heavy atom. The Morgan fingerprint density at radius 2 is 2.31 bits per heavy atom. The van der Waals surface area contributed by atoms with E-state index in [-0.39, 0.29) is 5.69 Å². The Balaban J connectivity index is 2.33. The van der Waals surface area contributed by atoms with Gasteiger partial charge in [-0.15, -0.1) is 0 Å². The highest BCUT2D eigenvalue weighted by molar-refractivity contribution is 5.71. The number of aromatic nitrogens is 3. The van der Waals surface area contributed by atoms with Gasteiger partial charge in [-0.1, -0.05) is 0 Å². The SMILES string of the molecule is CCn1c(=O)n(C2CCC2)c2ncccc21. The second kappa shape index (κ2) is 3.47. The normalized spacial score (nSPS) is 16.6. The van der Waals surface area contributed by atoms with E-state index in [9.17, 15) is 4.79 Å². The van der Waals surface area contributed by atoms with Gasteiger partial charge in [-0.25, -0.2) is 9.78 Å². The molecule has 2 aromatic heterocycles. The van der Waals surface area contributed by atoms with Crippen LogP contribution in [0.5, 0.6) is 0 Å². The highest BCUT2D eigenvalue weighted by Gasteiger charge is 2.25. The molecule has 0 spiro atoms. The molecule has 0 unspecified atom stereocenters. The molecule has 4 nitrogen and oxygen atoms in total. The summed E-state index contributed by atoms with van der Waals surface area (Å²) in [4.78, 5) is 16.6. The van der Waals surface area contributed by atoms with Crippen LogP contribution in [0.1, 0.15) is 32.2 Å². The average molecular weight is 217 g/mol. The summed E-state index contributed by atoms with van der Waals surface area (Å²) in [7, 11) is 0. The fourth-order valence-electron chi connectivity index (χ4n) is 2.39. The Kier molecular flexibility index (Phi) is 2.09. The molecule has 1 aliphatic rings. The molecule has 84 valence electrons. The number of fused-ring (bicyclic) bond motifs is 1. The third kappa shape index (κ3) is 1.16. The summed E-state index contributed by atoms with van der Waals surface area (Å²) in [5.74, 6) is 0. The quantitative estimate of drug-likeness (QED) is 0.771. The Hall–Kier alpha value is -1.58. The van der Waals surface area contributed by atoms with E-state index in [0.717, 1.165) is 24.0 Å². The number of aryl methyl sites for hydroxylation is 1. The van der Waals surface area contributed by atoms with E-state index in [0.29, 0.717) is 12.6 Å². The van der Waals surface area contributed by atoms with Crippen molar-refractivity contribution in [3.63, 3.8) is 0 Å². The topological polar surface area (TPSA) is 39.8 Å². The molecular formula is C12H15N3O. The number of rotatable bonds is 2.